The van der Waals surface area contributed by atoms with Crippen LogP contribution in [-0.2, 0) is 11.4 Å². The zero-order valence-electron chi connectivity index (χ0n) is 16.1. The minimum absolute atomic E-state index is 0.0804. The lowest BCUT2D eigenvalue weighted by atomic mass is 10.3. The van der Waals surface area contributed by atoms with Gasteiger partial charge in [-0.05, 0) is 43.3 Å². The molecule has 0 aliphatic carbocycles. The number of nitrogens with one attached hydrogen (secondary N) is 1. The van der Waals surface area contributed by atoms with Gasteiger partial charge in [-0.1, -0.05) is 29.5 Å². The Kier molecular flexibility index (Phi) is 5.71. The van der Waals surface area contributed by atoms with E-state index in [2.05, 4.69) is 15.4 Å². The third kappa shape index (κ3) is 4.81. The summed E-state index contributed by atoms with van der Waals surface area (Å²) in [5.74, 6) is 0.970. The Morgan fingerprint density at radius 2 is 1.80 bits per heavy atom. The van der Waals surface area contributed by atoms with Crippen LogP contribution in [-0.4, -0.2) is 27.1 Å². The first-order chi connectivity index (χ1) is 14.6. The zero-order valence-corrected chi connectivity index (χ0v) is 16.9. The van der Waals surface area contributed by atoms with Gasteiger partial charge in [-0.25, -0.2) is 4.98 Å². The summed E-state index contributed by atoms with van der Waals surface area (Å²) < 4.78 is 12.4. The van der Waals surface area contributed by atoms with Gasteiger partial charge in [-0.2, -0.15) is 9.61 Å². The predicted octanol–water partition coefficient (Wildman–Crippen LogP) is 3.06. The second-order valence-electron chi connectivity index (χ2n) is 6.36. The molecule has 30 heavy (non-hydrogen) atoms. The predicted molar refractivity (Wildman–Crippen MR) is 113 cm³/mol. The minimum Gasteiger partial charge on any atom is -0.487 e. The van der Waals surface area contributed by atoms with Crippen LogP contribution in [0.4, 0.5) is 5.69 Å². The first-order valence-electron chi connectivity index (χ1n) is 9.14. The van der Waals surface area contributed by atoms with Crippen LogP contribution in [0.1, 0.15) is 10.7 Å². The van der Waals surface area contributed by atoms with Crippen molar-refractivity contribution in [2.75, 3.05) is 11.9 Å². The number of amides is 1. The molecule has 2 aromatic heterocycles. The Balaban J connectivity index is 1.31. The van der Waals surface area contributed by atoms with E-state index >= 15 is 0 Å². The van der Waals surface area contributed by atoms with Gasteiger partial charge in [0, 0.05) is 11.8 Å². The van der Waals surface area contributed by atoms with E-state index in [9.17, 15) is 9.59 Å². The van der Waals surface area contributed by atoms with Crippen LogP contribution in [0.15, 0.2) is 65.5 Å². The summed E-state index contributed by atoms with van der Waals surface area (Å²) in [6.45, 7) is 1.89. The molecule has 0 aliphatic heterocycles. The smallest absolute Gasteiger partial charge is 0.275 e. The second-order valence-corrected chi connectivity index (χ2v) is 7.52. The van der Waals surface area contributed by atoms with Crippen molar-refractivity contribution in [1.82, 2.24) is 14.6 Å². The van der Waals surface area contributed by atoms with Crippen LogP contribution < -0.4 is 20.3 Å². The highest BCUT2D eigenvalue weighted by atomic mass is 32.1. The number of carbonyl (C=O) groups is 1. The number of anilines is 1. The molecule has 1 amide bonds. The maximum absolute atomic E-state index is 12.1. The third-order valence-electron chi connectivity index (χ3n) is 4.04. The van der Waals surface area contributed by atoms with Crippen molar-refractivity contribution >= 4 is 27.9 Å². The lowest BCUT2D eigenvalue weighted by Crippen LogP contribution is -2.20. The number of benzene rings is 2. The van der Waals surface area contributed by atoms with E-state index in [4.69, 9.17) is 9.47 Å². The monoisotopic (exact) mass is 422 g/mol. The fraction of sp³-hybridized carbons (Fsp3) is 0.143. The molecule has 0 radical (unpaired) electrons. The highest BCUT2D eigenvalue weighted by Gasteiger charge is 2.08. The van der Waals surface area contributed by atoms with Crippen molar-refractivity contribution in [3.05, 3.63) is 81.7 Å². The van der Waals surface area contributed by atoms with Crippen LogP contribution in [0.5, 0.6) is 11.5 Å². The van der Waals surface area contributed by atoms with Gasteiger partial charge in [-0.3, -0.25) is 9.59 Å². The van der Waals surface area contributed by atoms with E-state index in [0.29, 0.717) is 27.8 Å². The van der Waals surface area contributed by atoms with Gasteiger partial charge < -0.3 is 14.8 Å². The number of nitrogens with zero attached hydrogens (tertiary/aromatic N) is 3. The maximum atomic E-state index is 12.1. The van der Waals surface area contributed by atoms with E-state index < -0.39 is 0 Å². The van der Waals surface area contributed by atoms with Gasteiger partial charge in [0.05, 0.1) is 5.69 Å². The van der Waals surface area contributed by atoms with Crippen LogP contribution in [0.25, 0.3) is 4.96 Å². The fourth-order valence-electron chi connectivity index (χ4n) is 2.68. The Bertz CT molecular complexity index is 1220. The number of para-hydroxylation sites is 1. The molecule has 0 saturated carbocycles. The van der Waals surface area contributed by atoms with E-state index in [1.165, 1.54) is 21.9 Å². The number of hydrogen-bond donors (Lipinski definition) is 1. The molecule has 0 fully saturated rings. The molecule has 152 valence electrons. The molecule has 0 unspecified atom stereocenters. The summed E-state index contributed by atoms with van der Waals surface area (Å²) in [6, 6.07) is 17.5. The zero-order chi connectivity index (χ0) is 20.9. The van der Waals surface area contributed by atoms with Crippen LogP contribution >= 0.6 is 11.3 Å². The average Bonchev–Trinajstić information content (AvgIpc) is 3.13. The molecule has 0 atom stereocenters. The molecule has 0 bridgehead atoms. The molecule has 0 spiro atoms. The van der Waals surface area contributed by atoms with Crippen molar-refractivity contribution in [3.63, 3.8) is 0 Å². The van der Waals surface area contributed by atoms with Crippen molar-refractivity contribution in [2.24, 2.45) is 0 Å². The van der Waals surface area contributed by atoms with Gasteiger partial charge in [0.15, 0.2) is 6.61 Å². The molecule has 4 aromatic rings. The average molecular weight is 422 g/mol. The first-order valence-corrected chi connectivity index (χ1v) is 9.95. The lowest BCUT2D eigenvalue weighted by molar-refractivity contribution is -0.118. The topological polar surface area (TPSA) is 94.8 Å². The molecule has 0 aliphatic rings. The van der Waals surface area contributed by atoms with Crippen molar-refractivity contribution in [2.45, 2.75) is 13.5 Å². The number of fused-ring (bicyclic) bond motifs is 1. The molecule has 2 heterocycles. The molecule has 1 N–H and O–H groups in total. The molecule has 2 aromatic carbocycles. The summed E-state index contributed by atoms with van der Waals surface area (Å²) >= 11 is 1.35. The van der Waals surface area contributed by atoms with Gasteiger partial charge in [0.1, 0.15) is 23.1 Å². The highest BCUT2D eigenvalue weighted by Crippen LogP contribution is 2.17. The molecular weight excluding hydrogens is 404 g/mol. The summed E-state index contributed by atoms with van der Waals surface area (Å²) in [4.78, 5) is 29.0. The van der Waals surface area contributed by atoms with Gasteiger partial charge in [-0.15, -0.1) is 0 Å². The van der Waals surface area contributed by atoms with Crippen molar-refractivity contribution in [1.29, 1.82) is 0 Å². The molecule has 4 rings (SSSR count). The van der Waals surface area contributed by atoms with Gasteiger partial charge in [0.2, 0.25) is 4.96 Å². The fourth-order valence-corrected chi connectivity index (χ4v) is 3.45. The van der Waals surface area contributed by atoms with E-state index in [-0.39, 0.29) is 24.7 Å². The highest BCUT2D eigenvalue weighted by molar-refractivity contribution is 7.16. The first kappa shape index (κ1) is 19.6. The Morgan fingerprint density at radius 1 is 1.07 bits per heavy atom. The standard InChI is InChI=1S/C21H18N4O4S/c1-14-24-25-20(27)11-16(23-21(25)30-14)12-28-18-9-7-15(8-10-18)22-19(26)13-29-17-5-3-2-4-6-17/h2-11H,12-13H2,1H3,(H,22,26). The molecule has 9 heteroatoms. The minimum atomic E-state index is -0.259. The largest absolute Gasteiger partial charge is 0.487 e. The lowest BCUT2D eigenvalue weighted by Gasteiger charge is -2.09. The van der Waals surface area contributed by atoms with Crippen LogP contribution in [0.3, 0.4) is 0 Å². The Hall–Kier alpha value is -3.72. The normalized spacial score (nSPS) is 10.7. The van der Waals surface area contributed by atoms with E-state index in [1.54, 1.807) is 36.4 Å². The number of aryl methyl sites for hydroxylation is 1. The summed E-state index contributed by atoms with van der Waals surface area (Å²) in [5.41, 5.74) is 0.916. The number of ether oxygens (including phenoxy) is 2. The number of carbonyl (C=O) groups excluding carboxylic acids is 1. The maximum Gasteiger partial charge on any atom is 0.275 e. The van der Waals surface area contributed by atoms with Crippen molar-refractivity contribution in [3.8, 4) is 11.5 Å². The summed E-state index contributed by atoms with van der Waals surface area (Å²) in [6.07, 6.45) is 0. The number of aromatic nitrogens is 3. The van der Waals surface area contributed by atoms with Crippen molar-refractivity contribution < 1.29 is 14.3 Å². The van der Waals surface area contributed by atoms with Crippen LogP contribution in [0.2, 0.25) is 0 Å². The number of rotatable bonds is 7. The molecular formula is C21H18N4O4S. The second kappa shape index (κ2) is 8.75. The summed E-state index contributed by atoms with van der Waals surface area (Å²) in [5, 5.41) is 7.64. The quantitative estimate of drug-likeness (QED) is 0.492. The molecule has 8 nitrogen and oxygen atoms in total. The summed E-state index contributed by atoms with van der Waals surface area (Å²) in [7, 11) is 0. The van der Waals surface area contributed by atoms with E-state index in [0.717, 1.165) is 5.01 Å². The SMILES string of the molecule is Cc1nn2c(=O)cc(COc3ccc(NC(=O)COc4ccccc4)cc3)nc2s1. The third-order valence-corrected chi connectivity index (χ3v) is 4.86. The van der Waals surface area contributed by atoms with Gasteiger partial charge in [0.25, 0.3) is 11.5 Å². The molecule has 0 saturated heterocycles. The van der Waals surface area contributed by atoms with Gasteiger partial charge >= 0.3 is 0 Å². The van der Waals surface area contributed by atoms with Crippen LogP contribution in [0, 0.1) is 6.92 Å². The van der Waals surface area contributed by atoms with E-state index in [1.807, 2.05) is 25.1 Å². The Morgan fingerprint density at radius 3 is 2.57 bits per heavy atom. The number of hydrogen-bond acceptors (Lipinski definition) is 7. The Labute approximate surface area is 175 Å².